The fraction of sp³-hybridized carbons (Fsp3) is 0.667. The number of allylic oxidation sites excluding steroid dienone is 4. The van der Waals surface area contributed by atoms with Crippen LogP contribution < -0.4 is 5.32 Å². The first kappa shape index (κ1) is 31.7. The van der Waals surface area contributed by atoms with E-state index in [1.807, 2.05) is 6.92 Å². The maximum absolute atomic E-state index is 12.6. The summed E-state index contributed by atoms with van der Waals surface area (Å²) in [6.07, 6.45) is 4.61. The van der Waals surface area contributed by atoms with E-state index in [0.29, 0.717) is 29.3 Å². The topological polar surface area (TPSA) is 175 Å². The molecule has 0 aliphatic heterocycles. The van der Waals surface area contributed by atoms with Crippen molar-refractivity contribution in [1.82, 2.24) is 5.32 Å². The van der Waals surface area contributed by atoms with Crippen LogP contribution in [0.5, 0.6) is 0 Å². The number of hydrogen-bond donors (Lipinski definition) is 4. The summed E-state index contributed by atoms with van der Waals surface area (Å²) >= 11 is 1.32. The largest absolute Gasteiger partial charge is 0.481 e. The van der Waals surface area contributed by atoms with Gasteiger partial charge in [-0.3, -0.25) is 19.2 Å². The lowest BCUT2D eigenvalue weighted by Gasteiger charge is -2.30. The van der Waals surface area contributed by atoms with Gasteiger partial charge in [-0.15, -0.1) is 0 Å². The Morgan fingerprint density at radius 3 is 2.03 bits per heavy atom. The Hall–Kier alpha value is -2.34. The normalized spacial score (nSPS) is 17.4. The van der Waals surface area contributed by atoms with Gasteiger partial charge in [-0.05, 0) is 38.2 Å². The van der Waals surface area contributed by atoms with Gasteiger partial charge in [0, 0.05) is 28.9 Å². The van der Waals surface area contributed by atoms with E-state index in [2.05, 4.69) is 5.32 Å². The average molecular weight is 548 g/mol. The molecule has 4 unspecified atom stereocenters. The molecule has 1 amide bonds. The van der Waals surface area contributed by atoms with Crippen molar-refractivity contribution < 1.29 is 42.9 Å². The van der Waals surface area contributed by atoms with E-state index < -0.39 is 57.3 Å². The van der Waals surface area contributed by atoms with Gasteiger partial charge in [0.15, 0.2) is 9.84 Å². The molecule has 1 aliphatic rings. The number of hydrogen-bond acceptors (Lipinski definition) is 7. The molecular weight excluding hydrogens is 510 g/mol. The molecular formula is C24H37NO9S2. The molecule has 0 radical (unpaired) electrons. The number of nitrogens with one attached hydrogen (secondary N) is 1. The summed E-state index contributed by atoms with van der Waals surface area (Å²) in [4.78, 5) is 48.7. The third kappa shape index (κ3) is 9.61. The smallest absolute Gasteiger partial charge is 0.308 e. The van der Waals surface area contributed by atoms with Crippen LogP contribution in [0.15, 0.2) is 22.6 Å². The fourth-order valence-corrected chi connectivity index (χ4v) is 6.87. The lowest BCUT2D eigenvalue weighted by molar-refractivity contribution is -0.165. The van der Waals surface area contributed by atoms with Crippen LogP contribution in [-0.4, -0.2) is 71.4 Å². The number of rotatable bonds is 16. The Labute approximate surface area is 216 Å². The molecule has 0 heterocycles. The minimum Gasteiger partial charge on any atom is -0.481 e. The van der Waals surface area contributed by atoms with Crippen LogP contribution in [0.25, 0.3) is 0 Å². The van der Waals surface area contributed by atoms with E-state index in [0.717, 1.165) is 5.57 Å². The van der Waals surface area contributed by atoms with Gasteiger partial charge in [0.2, 0.25) is 5.91 Å². The molecule has 4 atom stereocenters. The second-order valence-corrected chi connectivity index (χ2v) is 12.8. The molecule has 1 aliphatic carbocycles. The zero-order chi connectivity index (χ0) is 27.6. The molecule has 0 aromatic rings. The van der Waals surface area contributed by atoms with E-state index in [1.165, 1.54) is 18.7 Å². The summed E-state index contributed by atoms with van der Waals surface area (Å²) < 4.78 is 24.8. The summed E-state index contributed by atoms with van der Waals surface area (Å²) in [5, 5.41) is 31.5. The van der Waals surface area contributed by atoms with Crippen molar-refractivity contribution in [3.63, 3.8) is 0 Å². The van der Waals surface area contributed by atoms with Gasteiger partial charge >= 0.3 is 17.9 Å². The minimum atomic E-state index is -3.35. The second kappa shape index (κ2) is 14.4. The second-order valence-electron chi connectivity index (χ2n) is 9.46. The number of thioether (sulfide) groups is 1. The van der Waals surface area contributed by atoms with Gasteiger partial charge in [-0.2, -0.15) is 11.8 Å². The summed E-state index contributed by atoms with van der Waals surface area (Å²) in [6, 6.07) is 0. The van der Waals surface area contributed by atoms with Crippen molar-refractivity contribution in [2.24, 2.45) is 29.6 Å². The highest BCUT2D eigenvalue weighted by Gasteiger charge is 2.47. The number of carboxylic acid groups (broad SMARTS) is 3. The van der Waals surface area contributed by atoms with Gasteiger partial charge in [-0.1, -0.05) is 32.4 Å². The zero-order valence-corrected chi connectivity index (χ0v) is 22.7. The summed E-state index contributed by atoms with van der Waals surface area (Å²) in [5.74, 6) is -11.1. The van der Waals surface area contributed by atoms with Gasteiger partial charge in [0.05, 0.1) is 23.5 Å². The third-order valence-corrected chi connectivity index (χ3v) is 9.27. The number of aliphatic carboxylic acids is 3. The Morgan fingerprint density at radius 1 is 0.944 bits per heavy atom. The molecule has 0 spiro atoms. The van der Waals surface area contributed by atoms with Crippen LogP contribution in [0.4, 0.5) is 0 Å². The number of sulfone groups is 1. The van der Waals surface area contributed by atoms with Crippen molar-refractivity contribution in [2.75, 3.05) is 23.8 Å². The Kier molecular flexibility index (Phi) is 12.7. The van der Waals surface area contributed by atoms with Crippen LogP contribution in [-0.2, 0) is 29.0 Å². The first-order valence-electron chi connectivity index (χ1n) is 11.8. The van der Waals surface area contributed by atoms with Crippen molar-refractivity contribution in [1.29, 1.82) is 0 Å². The molecule has 0 fully saturated rings. The number of carboxylic acids is 3. The average Bonchev–Trinajstić information content (AvgIpc) is 2.77. The monoisotopic (exact) mass is 547 g/mol. The van der Waals surface area contributed by atoms with Gasteiger partial charge in [-0.25, -0.2) is 8.42 Å². The first-order chi connectivity index (χ1) is 16.7. The lowest BCUT2D eigenvalue weighted by atomic mass is 9.72. The first-order valence-corrected chi connectivity index (χ1v) is 14.6. The maximum Gasteiger partial charge on any atom is 0.308 e. The van der Waals surface area contributed by atoms with Crippen LogP contribution >= 0.6 is 11.8 Å². The van der Waals surface area contributed by atoms with Crippen molar-refractivity contribution in [3.8, 4) is 0 Å². The minimum absolute atomic E-state index is 0.0332. The lowest BCUT2D eigenvalue weighted by Crippen LogP contribution is -2.46. The highest BCUT2D eigenvalue weighted by atomic mass is 32.2. The Balaban J connectivity index is 2.69. The predicted molar refractivity (Wildman–Crippen MR) is 137 cm³/mol. The molecule has 0 saturated heterocycles. The molecule has 12 heteroatoms. The SMILES string of the molecule is CC1=CC=C(S(=O)(=O)CCSCCNC(=O)C(C)C(C(=O)O)C(C(=O)O)C(CC(C)C)C(=O)O)CC1. The van der Waals surface area contributed by atoms with Crippen molar-refractivity contribution in [2.45, 2.75) is 47.0 Å². The number of carbonyl (C=O) groups is 4. The number of carbonyl (C=O) groups excluding carboxylic acids is 1. The van der Waals surface area contributed by atoms with Crippen LogP contribution in [0.1, 0.15) is 47.0 Å². The Morgan fingerprint density at radius 2 is 1.56 bits per heavy atom. The third-order valence-electron chi connectivity index (χ3n) is 6.15. The molecule has 0 saturated carbocycles. The predicted octanol–water partition coefficient (Wildman–Crippen LogP) is 2.66. The standard InChI is InChI=1S/C24H37NO9S2/c1-14(2)13-18(22(27)28)20(24(31)32)19(23(29)30)16(4)21(26)25-9-10-35-11-12-36(33,34)17-7-5-15(3)6-8-17/h5,7,14,16,18-20H,6,8-13H2,1-4H3,(H,25,26)(H,27,28)(H,29,30)(H,31,32). The van der Waals surface area contributed by atoms with Crippen molar-refractivity contribution in [3.05, 3.63) is 22.6 Å². The zero-order valence-electron chi connectivity index (χ0n) is 21.1. The molecule has 0 aromatic heterocycles. The Bertz CT molecular complexity index is 986. The number of amides is 1. The molecule has 0 bridgehead atoms. The molecule has 1 rings (SSSR count). The van der Waals surface area contributed by atoms with E-state index in [4.69, 9.17) is 0 Å². The van der Waals surface area contributed by atoms with E-state index >= 15 is 0 Å². The molecule has 36 heavy (non-hydrogen) atoms. The van der Waals surface area contributed by atoms with Gasteiger partial charge in [0.1, 0.15) is 0 Å². The fourth-order valence-electron chi connectivity index (χ4n) is 4.12. The molecule has 0 aromatic carbocycles. The summed E-state index contributed by atoms with van der Waals surface area (Å²) in [6.45, 7) is 6.74. The molecule has 10 nitrogen and oxygen atoms in total. The van der Waals surface area contributed by atoms with E-state index in [-0.39, 0.29) is 24.6 Å². The van der Waals surface area contributed by atoms with Crippen LogP contribution in [0.3, 0.4) is 0 Å². The summed E-state index contributed by atoms with van der Waals surface area (Å²) in [7, 11) is -3.35. The quantitative estimate of drug-likeness (QED) is 0.210. The van der Waals surface area contributed by atoms with Crippen LogP contribution in [0, 0.1) is 29.6 Å². The van der Waals surface area contributed by atoms with E-state index in [1.54, 1.807) is 26.0 Å². The van der Waals surface area contributed by atoms with Gasteiger partial charge < -0.3 is 20.6 Å². The highest BCUT2D eigenvalue weighted by Crippen LogP contribution is 2.33. The van der Waals surface area contributed by atoms with E-state index in [9.17, 15) is 42.9 Å². The molecule has 204 valence electrons. The highest BCUT2D eigenvalue weighted by molar-refractivity contribution is 8.01. The molecule has 4 N–H and O–H groups in total. The van der Waals surface area contributed by atoms with Crippen LogP contribution in [0.2, 0.25) is 0 Å². The summed E-state index contributed by atoms with van der Waals surface area (Å²) in [5.41, 5.74) is 1.13. The van der Waals surface area contributed by atoms with Crippen molar-refractivity contribution >= 4 is 45.4 Å². The van der Waals surface area contributed by atoms with Gasteiger partial charge in [0.25, 0.3) is 0 Å². The maximum atomic E-state index is 12.6.